The number of amidine groups is 1. The molecule has 0 unspecified atom stereocenters. The summed E-state index contributed by atoms with van der Waals surface area (Å²) >= 11 is 0. The van der Waals surface area contributed by atoms with Crippen LogP contribution in [0.5, 0.6) is 5.75 Å². The molecule has 0 heterocycles. The van der Waals surface area contributed by atoms with Gasteiger partial charge in [0.15, 0.2) is 0 Å². The Labute approximate surface area is 90.8 Å². The van der Waals surface area contributed by atoms with Crippen molar-refractivity contribution in [1.82, 2.24) is 0 Å². The first-order chi connectivity index (χ1) is 7.15. The molecule has 1 rings (SSSR count). The fourth-order valence-corrected chi connectivity index (χ4v) is 1.31. The summed E-state index contributed by atoms with van der Waals surface area (Å²) in [5, 5.41) is 7.31. The number of nitrogens with two attached hydrogens (primary N) is 1. The summed E-state index contributed by atoms with van der Waals surface area (Å²) in [7, 11) is 0. The molecule has 0 fully saturated rings. The van der Waals surface area contributed by atoms with Crippen LogP contribution in [0.15, 0.2) is 18.2 Å². The van der Waals surface area contributed by atoms with Crippen molar-refractivity contribution in [2.45, 2.75) is 26.7 Å². The average molecular weight is 206 g/mol. The van der Waals surface area contributed by atoms with Gasteiger partial charge in [-0.05, 0) is 37.1 Å². The summed E-state index contributed by atoms with van der Waals surface area (Å²) in [4.78, 5) is 0. The van der Waals surface area contributed by atoms with Gasteiger partial charge < -0.3 is 10.5 Å². The molecule has 0 saturated heterocycles. The maximum Gasteiger partial charge on any atom is 0.122 e. The first-order valence-corrected chi connectivity index (χ1v) is 5.23. The Balaban J connectivity index is 2.70. The van der Waals surface area contributed by atoms with E-state index in [4.69, 9.17) is 15.9 Å². The first-order valence-electron chi connectivity index (χ1n) is 5.23. The predicted molar refractivity (Wildman–Crippen MR) is 62.6 cm³/mol. The zero-order chi connectivity index (χ0) is 11.3. The zero-order valence-electron chi connectivity index (χ0n) is 9.34. The molecule has 0 aliphatic rings. The molecule has 0 amide bonds. The lowest BCUT2D eigenvalue weighted by Crippen LogP contribution is -2.11. The standard InChI is InChI=1S/C12H18N2O/c1-3-4-7-15-11-6-5-10(12(13)14)8-9(11)2/h5-6,8H,3-4,7H2,1-2H3,(H3,13,14). The molecule has 0 aliphatic carbocycles. The minimum Gasteiger partial charge on any atom is -0.493 e. The summed E-state index contributed by atoms with van der Waals surface area (Å²) in [6.45, 7) is 4.85. The molecule has 0 spiro atoms. The van der Waals surface area contributed by atoms with E-state index < -0.39 is 0 Å². The molecule has 1 aromatic carbocycles. The Morgan fingerprint density at radius 1 is 1.47 bits per heavy atom. The van der Waals surface area contributed by atoms with E-state index >= 15 is 0 Å². The lowest BCUT2D eigenvalue weighted by Gasteiger charge is -2.09. The Kier molecular flexibility index (Phi) is 4.16. The number of nitrogen functional groups attached to an aromatic ring is 1. The molecule has 3 nitrogen and oxygen atoms in total. The van der Waals surface area contributed by atoms with Gasteiger partial charge in [0.1, 0.15) is 11.6 Å². The van der Waals surface area contributed by atoms with E-state index in [0.29, 0.717) is 0 Å². The maximum atomic E-state index is 7.31. The monoisotopic (exact) mass is 206 g/mol. The van der Waals surface area contributed by atoms with E-state index in [9.17, 15) is 0 Å². The molecule has 0 atom stereocenters. The fourth-order valence-electron chi connectivity index (χ4n) is 1.31. The van der Waals surface area contributed by atoms with Crippen LogP contribution >= 0.6 is 0 Å². The Bertz CT molecular complexity index is 347. The molecule has 0 radical (unpaired) electrons. The van der Waals surface area contributed by atoms with Gasteiger partial charge in [-0.25, -0.2) is 0 Å². The summed E-state index contributed by atoms with van der Waals surface area (Å²) in [5.41, 5.74) is 7.17. The zero-order valence-corrected chi connectivity index (χ0v) is 9.34. The van der Waals surface area contributed by atoms with Crippen LogP contribution in [0.4, 0.5) is 0 Å². The van der Waals surface area contributed by atoms with Crippen LogP contribution in [0, 0.1) is 12.3 Å². The molecule has 3 N–H and O–H groups in total. The van der Waals surface area contributed by atoms with Crippen molar-refractivity contribution >= 4 is 5.84 Å². The molecule has 0 saturated carbocycles. The number of ether oxygens (including phenoxy) is 1. The van der Waals surface area contributed by atoms with E-state index in [2.05, 4.69) is 6.92 Å². The van der Waals surface area contributed by atoms with Crippen molar-refractivity contribution in [3.05, 3.63) is 29.3 Å². The third kappa shape index (κ3) is 3.27. The summed E-state index contributed by atoms with van der Waals surface area (Å²) in [6, 6.07) is 5.57. The van der Waals surface area contributed by atoms with E-state index in [0.717, 1.165) is 36.3 Å². The molecule has 15 heavy (non-hydrogen) atoms. The molecule has 0 aromatic heterocycles. The average Bonchev–Trinajstić information content (AvgIpc) is 2.20. The highest BCUT2D eigenvalue weighted by Gasteiger charge is 2.02. The van der Waals surface area contributed by atoms with Gasteiger partial charge in [-0.15, -0.1) is 0 Å². The van der Waals surface area contributed by atoms with Gasteiger partial charge in [-0.2, -0.15) is 0 Å². The molecule has 0 bridgehead atoms. The van der Waals surface area contributed by atoms with Crippen molar-refractivity contribution in [3.8, 4) is 5.75 Å². The Morgan fingerprint density at radius 2 is 2.20 bits per heavy atom. The Hall–Kier alpha value is -1.51. The smallest absolute Gasteiger partial charge is 0.122 e. The van der Waals surface area contributed by atoms with Gasteiger partial charge >= 0.3 is 0 Å². The van der Waals surface area contributed by atoms with Gasteiger partial charge in [0.2, 0.25) is 0 Å². The van der Waals surface area contributed by atoms with Gasteiger partial charge in [-0.1, -0.05) is 13.3 Å². The number of rotatable bonds is 5. The van der Waals surface area contributed by atoms with Crippen LogP contribution in [0.25, 0.3) is 0 Å². The van der Waals surface area contributed by atoms with Crippen molar-refractivity contribution in [2.75, 3.05) is 6.61 Å². The lowest BCUT2D eigenvalue weighted by molar-refractivity contribution is 0.307. The highest BCUT2D eigenvalue weighted by atomic mass is 16.5. The van der Waals surface area contributed by atoms with Crippen molar-refractivity contribution < 1.29 is 4.74 Å². The molecule has 1 aromatic rings. The molecular weight excluding hydrogens is 188 g/mol. The summed E-state index contributed by atoms with van der Waals surface area (Å²) < 4.78 is 5.60. The minimum atomic E-state index is 0.0956. The highest BCUT2D eigenvalue weighted by molar-refractivity contribution is 5.95. The number of unbranched alkanes of at least 4 members (excludes halogenated alkanes) is 1. The second-order valence-electron chi connectivity index (χ2n) is 3.60. The number of benzene rings is 1. The molecular formula is C12H18N2O. The molecule has 3 heteroatoms. The lowest BCUT2D eigenvalue weighted by atomic mass is 10.1. The quantitative estimate of drug-likeness (QED) is 0.441. The normalized spacial score (nSPS) is 10.0. The van der Waals surface area contributed by atoms with E-state index in [1.807, 2.05) is 25.1 Å². The van der Waals surface area contributed by atoms with Crippen LogP contribution < -0.4 is 10.5 Å². The number of aryl methyl sites for hydroxylation is 1. The number of nitrogens with one attached hydrogen (secondary N) is 1. The minimum absolute atomic E-state index is 0.0956. The summed E-state index contributed by atoms with van der Waals surface area (Å²) in [5.74, 6) is 0.978. The second-order valence-corrected chi connectivity index (χ2v) is 3.60. The SMILES string of the molecule is CCCCOc1ccc(C(=N)N)cc1C. The van der Waals surface area contributed by atoms with Crippen LogP contribution in [0.1, 0.15) is 30.9 Å². The topological polar surface area (TPSA) is 59.1 Å². The third-order valence-corrected chi connectivity index (χ3v) is 2.24. The van der Waals surface area contributed by atoms with Crippen LogP contribution in [-0.2, 0) is 0 Å². The number of hydrogen-bond acceptors (Lipinski definition) is 2. The summed E-state index contributed by atoms with van der Waals surface area (Å²) in [6.07, 6.45) is 2.19. The second kappa shape index (κ2) is 5.39. The predicted octanol–water partition coefficient (Wildman–Crippen LogP) is 2.46. The third-order valence-electron chi connectivity index (χ3n) is 2.24. The van der Waals surface area contributed by atoms with Crippen LogP contribution in [0.2, 0.25) is 0 Å². The van der Waals surface area contributed by atoms with E-state index in [-0.39, 0.29) is 5.84 Å². The first kappa shape index (κ1) is 11.6. The Morgan fingerprint density at radius 3 is 2.73 bits per heavy atom. The van der Waals surface area contributed by atoms with Gasteiger partial charge in [0, 0.05) is 5.56 Å². The van der Waals surface area contributed by atoms with Crippen LogP contribution in [0.3, 0.4) is 0 Å². The van der Waals surface area contributed by atoms with Crippen LogP contribution in [-0.4, -0.2) is 12.4 Å². The van der Waals surface area contributed by atoms with E-state index in [1.54, 1.807) is 0 Å². The van der Waals surface area contributed by atoms with Crippen molar-refractivity contribution in [3.63, 3.8) is 0 Å². The molecule has 82 valence electrons. The van der Waals surface area contributed by atoms with Gasteiger partial charge in [0.25, 0.3) is 0 Å². The van der Waals surface area contributed by atoms with Gasteiger partial charge in [-0.3, -0.25) is 5.41 Å². The van der Waals surface area contributed by atoms with Crippen molar-refractivity contribution in [1.29, 1.82) is 5.41 Å². The largest absolute Gasteiger partial charge is 0.493 e. The fraction of sp³-hybridized carbons (Fsp3) is 0.417. The van der Waals surface area contributed by atoms with Gasteiger partial charge in [0.05, 0.1) is 6.61 Å². The van der Waals surface area contributed by atoms with E-state index in [1.165, 1.54) is 0 Å². The number of hydrogen-bond donors (Lipinski definition) is 2. The molecule has 0 aliphatic heterocycles. The van der Waals surface area contributed by atoms with Crippen molar-refractivity contribution in [2.24, 2.45) is 5.73 Å². The highest BCUT2D eigenvalue weighted by Crippen LogP contribution is 2.19. The maximum absolute atomic E-state index is 7.31.